The second kappa shape index (κ2) is 14.6. The fourth-order valence-electron chi connectivity index (χ4n) is 4.84. The first-order chi connectivity index (χ1) is 21.2. The quantitative estimate of drug-likeness (QED) is 0.236. The van der Waals surface area contributed by atoms with Crippen molar-refractivity contribution >= 4 is 27.5 Å². The van der Waals surface area contributed by atoms with Crippen LogP contribution in [0.1, 0.15) is 16.7 Å². The maximum Gasteiger partial charge on any atom is 0.264 e. The standard InChI is InChI=1S/C34H37N3O6S/c1-25-15-18-29(19-16-25)44(40,41)37(30-22-28(42-3)17-20-32(30)43-4)24-33(38)36(23-27-13-9-6-10-14-27)31(34(39)35-2)21-26-11-7-5-8-12-26/h5-20,22,31H,21,23-24H2,1-4H3,(H,35,39)/t31-/m0/s1. The lowest BCUT2D eigenvalue weighted by molar-refractivity contribution is -0.139. The van der Waals surface area contributed by atoms with Crippen LogP contribution < -0.4 is 19.1 Å². The summed E-state index contributed by atoms with van der Waals surface area (Å²) in [6, 6.07) is 28.8. The maximum atomic E-state index is 14.4. The van der Waals surface area contributed by atoms with Crippen molar-refractivity contribution in [1.82, 2.24) is 10.2 Å². The van der Waals surface area contributed by atoms with Gasteiger partial charge in [-0.15, -0.1) is 0 Å². The molecule has 10 heteroatoms. The van der Waals surface area contributed by atoms with Gasteiger partial charge in [-0.1, -0.05) is 78.4 Å². The van der Waals surface area contributed by atoms with Gasteiger partial charge in [0.15, 0.2) is 0 Å². The molecule has 2 amide bonds. The first kappa shape index (κ1) is 32.1. The van der Waals surface area contributed by atoms with Gasteiger partial charge in [-0.25, -0.2) is 8.42 Å². The van der Waals surface area contributed by atoms with Crippen LogP contribution in [0.25, 0.3) is 0 Å². The lowest BCUT2D eigenvalue weighted by Crippen LogP contribution is -2.53. The number of anilines is 1. The van der Waals surface area contributed by atoms with Crippen molar-refractivity contribution in [3.8, 4) is 11.5 Å². The Morgan fingerprint density at radius 2 is 1.43 bits per heavy atom. The molecule has 0 bridgehead atoms. The van der Waals surface area contributed by atoms with E-state index in [2.05, 4.69) is 5.32 Å². The van der Waals surface area contributed by atoms with Crippen LogP contribution in [-0.4, -0.2) is 59.0 Å². The van der Waals surface area contributed by atoms with E-state index in [-0.39, 0.29) is 35.2 Å². The zero-order valence-corrected chi connectivity index (χ0v) is 26.1. The van der Waals surface area contributed by atoms with Crippen LogP contribution in [0.5, 0.6) is 11.5 Å². The third-order valence-electron chi connectivity index (χ3n) is 7.26. The highest BCUT2D eigenvalue weighted by Gasteiger charge is 2.35. The number of aryl methyl sites for hydroxylation is 1. The Kier molecular flexibility index (Phi) is 10.6. The Bertz CT molecular complexity index is 1660. The lowest BCUT2D eigenvalue weighted by Gasteiger charge is -2.34. The molecule has 0 saturated heterocycles. The number of rotatable bonds is 13. The number of ether oxygens (including phenoxy) is 2. The van der Waals surface area contributed by atoms with Crippen LogP contribution in [-0.2, 0) is 32.6 Å². The number of hydrogen-bond donors (Lipinski definition) is 1. The third-order valence-corrected chi connectivity index (χ3v) is 9.03. The predicted octanol–water partition coefficient (Wildman–Crippen LogP) is 4.59. The van der Waals surface area contributed by atoms with E-state index in [1.54, 1.807) is 24.3 Å². The fourth-order valence-corrected chi connectivity index (χ4v) is 6.26. The molecular weight excluding hydrogens is 578 g/mol. The smallest absolute Gasteiger partial charge is 0.264 e. The number of benzene rings is 4. The summed E-state index contributed by atoms with van der Waals surface area (Å²) in [6.07, 6.45) is 0.228. The SMILES string of the molecule is CNC(=O)[C@H](Cc1ccccc1)N(Cc1ccccc1)C(=O)CN(c1cc(OC)ccc1OC)S(=O)(=O)c1ccc(C)cc1. The number of sulfonamides is 1. The number of methoxy groups -OCH3 is 2. The zero-order valence-electron chi connectivity index (χ0n) is 25.3. The number of likely N-dealkylation sites (N-methyl/N-ethyl adjacent to an activating group) is 1. The lowest BCUT2D eigenvalue weighted by atomic mass is 10.0. The second-order valence-electron chi connectivity index (χ2n) is 10.2. The van der Waals surface area contributed by atoms with Gasteiger partial charge >= 0.3 is 0 Å². The minimum absolute atomic E-state index is 0.00233. The van der Waals surface area contributed by atoms with E-state index in [9.17, 15) is 18.0 Å². The average molecular weight is 616 g/mol. The highest BCUT2D eigenvalue weighted by atomic mass is 32.2. The van der Waals surface area contributed by atoms with Crippen molar-refractivity contribution < 1.29 is 27.5 Å². The Balaban J connectivity index is 1.84. The average Bonchev–Trinajstić information content (AvgIpc) is 3.05. The molecule has 1 atom stereocenters. The summed E-state index contributed by atoms with van der Waals surface area (Å²) >= 11 is 0. The summed E-state index contributed by atoms with van der Waals surface area (Å²) < 4.78 is 40.5. The zero-order chi connectivity index (χ0) is 31.7. The monoisotopic (exact) mass is 615 g/mol. The van der Waals surface area contributed by atoms with Crippen LogP contribution in [0.15, 0.2) is 108 Å². The van der Waals surface area contributed by atoms with Crippen LogP contribution in [0.3, 0.4) is 0 Å². The normalized spacial score (nSPS) is 11.7. The van der Waals surface area contributed by atoms with Crippen molar-refractivity contribution in [3.63, 3.8) is 0 Å². The van der Waals surface area contributed by atoms with Gasteiger partial charge in [0.1, 0.15) is 24.1 Å². The number of amides is 2. The second-order valence-corrected chi connectivity index (χ2v) is 12.1. The molecule has 4 aromatic rings. The molecular formula is C34H37N3O6S. The van der Waals surface area contributed by atoms with E-state index in [1.807, 2.05) is 67.6 Å². The van der Waals surface area contributed by atoms with Crippen LogP contribution in [0.2, 0.25) is 0 Å². The maximum absolute atomic E-state index is 14.4. The molecule has 0 heterocycles. The van der Waals surface area contributed by atoms with Crippen LogP contribution in [0, 0.1) is 6.92 Å². The van der Waals surface area contributed by atoms with Crippen molar-refractivity contribution in [2.24, 2.45) is 0 Å². The first-order valence-corrected chi connectivity index (χ1v) is 15.5. The summed E-state index contributed by atoms with van der Waals surface area (Å²) in [4.78, 5) is 29.2. The fraction of sp³-hybridized carbons (Fsp3) is 0.235. The summed E-state index contributed by atoms with van der Waals surface area (Å²) in [7, 11) is 0.115. The highest BCUT2D eigenvalue weighted by molar-refractivity contribution is 7.92. The molecule has 0 aliphatic heterocycles. The van der Waals surface area contributed by atoms with Crippen molar-refractivity contribution in [3.05, 3.63) is 120 Å². The largest absolute Gasteiger partial charge is 0.497 e. The van der Waals surface area contributed by atoms with Gasteiger partial charge in [-0.05, 0) is 42.3 Å². The van der Waals surface area contributed by atoms with Crippen LogP contribution in [0.4, 0.5) is 5.69 Å². The van der Waals surface area contributed by atoms with E-state index in [0.29, 0.717) is 5.75 Å². The molecule has 0 aromatic heterocycles. The summed E-state index contributed by atoms with van der Waals surface area (Å²) in [5.74, 6) is -0.328. The Morgan fingerprint density at radius 3 is 2.00 bits per heavy atom. The van der Waals surface area contributed by atoms with Gasteiger partial charge in [-0.2, -0.15) is 0 Å². The van der Waals surface area contributed by atoms with E-state index in [1.165, 1.54) is 44.4 Å². The van der Waals surface area contributed by atoms with Gasteiger partial charge in [0.25, 0.3) is 10.0 Å². The van der Waals surface area contributed by atoms with Gasteiger partial charge in [0, 0.05) is 26.1 Å². The number of hydrogen-bond acceptors (Lipinski definition) is 6. The van der Waals surface area contributed by atoms with E-state index < -0.39 is 28.5 Å². The Morgan fingerprint density at radius 1 is 0.818 bits per heavy atom. The van der Waals surface area contributed by atoms with Crippen molar-refractivity contribution in [2.45, 2.75) is 30.8 Å². The molecule has 1 N–H and O–H groups in total. The first-order valence-electron chi connectivity index (χ1n) is 14.1. The third kappa shape index (κ3) is 7.57. The van der Waals surface area contributed by atoms with Gasteiger partial charge in [0.05, 0.1) is 24.8 Å². The van der Waals surface area contributed by atoms with Crippen molar-refractivity contribution in [2.75, 3.05) is 32.1 Å². The molecule has 44 heavy (non-hydrogen) atoms. The molecule has 0 aliphatic rings. The summed E-state index contributed by atoms with van der Waals surface area (Å²) in [5.41, 5.74) is 2.65. The van der Waals surface area contributed by atoms with Crippen molar-refractivity contribution in [1.29, 1.82) is 0 Å². The highest BCUT2D eigenvalue weighted by Crippen LogP contribution is 2.36. The summed E-state index contributed by atoms with van der Waals surface area (Å²) in [6.45, 7) is 1.34. The molecule has 0 aliphatic carbocycles. The summed E-state index contributed by atoms with van der Waals surface area (Å²) in [5, 5.41) is 2.68. The number of nitrogens with zero attached hydrogens (tertiary/aromatic N) is 2. The molecule has 0 unspecified atom stereocenters. The Labute approximate surface area is 259 Å². The molecule has 0 saturated carbocycles. The van der Waals surface area contributed by atoms with Gasteiger partial charge < -0.3 is 19.7 Å². The number of carbonyl (C=O) groups excluding carboxylic acids is 2. The Hall–Kier alpha value is -4.83. The predicted molar refractivity (Wildman–Crippen MR) is 170 cm³/mol. The van der Waals surface area contributed by atoms with Gasteiger partial charge in [-0.3, -0.25) is 13.9 Å². The number of carbonyl (C=O) groups is 2. The molecule has 4 rings (SSSR count). The molecule has 0 fully saturated rings. The molecule has 230 valence electrons. The van der Waals surface area contributed by atoms with E-state index in [0.717, 1.165) is 21.0 Å². The van der Waals surface area contributed by atoms with E-state index >= 15 is 0 Å². The molecule has 0 radical (unpaired) electrons. The number of nitrogens with one attached hydrogen (secondary N) is 1. The van der Waals surface area contributed by atoms with Gasteiger partial charge in [0.2, 0.25) is 11.8 Å². The topological polar surface area (TPSA) is 105 Å². The molecule has 4 aromatic carbocycles. The van der Waals surface area contributed by atoms with Crippen LogP contribution >= 0.6 is 0 Å². The minimum atomic E-state index is -4.29. The minimum Gasteiger partial charge on any atom is -0.497 e. The molecule has 0 spiro atoms. The van der Waals surface area contributed by atoms with E-state index in [4.69, 9.17) is 9.47 Å². The molecule has 9 nitrogen and oxygen atoms in total.